The Hall–Kier alpha value is -1.05. The second-order valence-electron chi connectivity index (χ2n) is 4.17. The lowest BCUT2D eigenvalue weighted by Crippen LogP contribution is -2.16. The molecule has 0 aliphatic heterocycles. The van der Waals surface area contributed by atoms with Crippen LogP contribution in [0, 0.1) is 5.92 Å². The van der Waals surface area contributed by atoms with Crippen LogP contribution in [0.1, 0.15) is 50.8 Å². The fraction of sp³-hybridized carbons (Fsp3) is 0.615. The molecule has 1 aromatic rings. The molecule has 2 heteroatoms. The van der Waals surface area contributed by atoms with E-state index in [9.17, 15) is 0 Å². The van der Waals surface area contributed by atoms with Crippen molar-refractivity contribution < 1.29 is 0 Å². The van der Waals surface area contributed by atoms with E-state index in [1.165, 1.54) is 43.4 Å². The molecular weight excluding hydrogens is 184 g/mol. The van der Waals surface area contributed by atoms with Crippen molar-refractivity contribution in [2.75, 3.05) is 0 Å². The summed E-state index contributed by atoms with van der Waals surface area (Å²) >= 11 is 0. The molecular formula is C13H20N2. The van der Waals surface area contributed by atoms with Crippen molar-refractivity contribution in [1.82, 2.24) is 10.2 Å². The van der Waals surface area contributed by atoms with Crippen molar-refractivity contribution in [1.29, 1.82) is 0 Å². The summed E-state index contributed by atoms with van der Waals surface area (Å²) in [6.07, 6.45) is 11.0. The minimum atomic E-state index is 0.832. The number of nitrogens with one attached hydrogen (secondary N) is 1. The molecule has 1 saturated carbocycles. The molecule has 1 unspecified atom stereocenters. The molecule has 15 heavy (non-hydrogen) atoms. The van der Waals surface area contributed by atoms with Crippen LogP contribution in [0.2, 0.25) is 0 Å². The number of H-pyrrole nitrogens is 1. The van der Waals surface area contributed by atoms with E-state index in [0.717, 1.165) is 5.92 Å². The lowest BCUT2D eigenvalue weighted by molar-refractivity contribution is 0.450. The molecule has 0 aromatic carbocycles. The van der Waals surface area contributed by atoms with Gasteiger partial charge in [0.05, 0.1) is 11.9 Å². The summed E-state index contributed by atoms with van der Waals surface area (Å²) in [6.45, 7) is 4.00. The zero-order valence-corrected chi connectivity index (χ0v) is 9.71. The molecule has 1 heterocycles. The third kappa shape index (κ3) is 1.99. The highest BCUT2D eigenvalue weighted by molar-refractivity contribution is 5.56. The van der Waals surface area contributed by atoms with E-state index < -0.39 is 0 Å². The largest absolute Gasteiger partial charge is 0.278 e. The molecule has 1 aromatic heterocycles. The van der Waals surface area contributed by atoms with E-state index in [2.05, 4.69) is 16.3 Å². The molecule has 0 bridgehead atoms. The summed E-state index contributed by atoms with van der Waals surface area (Å²) in [7, 11) is 0. The fourth-order valence-electron chi connectivity index (χ4n) is 2.59. The Balaban J connectivity index is 0.000000404. The van der Waals surface area contributed by atoms with Crippen molar-refractivity contribution in [2.24, 2.45) is 5.92 Å². The first kappa shape index (κ1) is 10.5. The molecule has 2 nitrogen and oxygen atoms in total. The topological polar surface area (TPSA) is 28.7 Å². The number of rotatable bonds is 0. The van der Waals surface area contributed by atoms with Crippen LogP contribution in [-0.2, 0) is 6.42 Å². The van der Waals surface area contributed by atoms with Crippen LogP contribution in [0.5, 0.6) is 0 Å². The molecule has 1 fully saturated rings. The van der Waals surface area contributed by atoms with Crippen molar-refractivity contribution in [2.45, 2.75) is 46.0 Å². The van der Waals surface area contributed by atoms with Crippen LogP contribution in [0.3, 0.4) is 0 Å². The lowest BCUT2D eigenvalue weighted by atomic mass is 9.77. The van der Waals surface area contributed by atoms with Gasteiger partial charge in [0.25, 0.3) is 0 Å². The summed E-state index contributed by atoms with van der Waals surface area (Å²) in [4.78, 5) is 0. The van der Waals surface area contributed by atoms with Crippen LogP contribution < -0.4 is 0 Å². The number of allylic oxidation sites excluding steroid dienone is 1. The van der Waals surface area contributed by atoms with Crippen LogP contribution in [0.25, 0.3) is 6.08 Å². The van der Waals surface area contributed by atoms with Crippen molar-refractivity contribution >= 4 is 6.08 Å². The zero-order chi connectivity index (χ0) is 10.7. The molecule has 2 aliphatic carbocycles. The van der Waals surface area contributed by atoms with E-state index in [0.29, 0.717) is 0 Å². The first-order valence-corrected chi connectivity index (χ1v) is 6.16. The maximum Gasteiger partial charge on any atom is 0.0609 e. The third-order valence-corrected chi connectivity index (χ3v) is 3.34. The Kier molecular flexibility index (Phi) is 3.24. The monoisotopic (exact) mass is 204 g/mol. The second kappa shape index (κ2) is 4.65. The van der Waals surface area contributed by atoms with Crippen LogP contribution in [-0.4, -0.2) is 10.2 Å². The molecule has 1 atom stereocenters. The van der Waals surface area contributed by atoms with Gasteiger partial charge in [-0.15, -0.1) is 0 Å². The summed E-state index contributed by atoms with van der Waals surface area (Å²) in [5.74, 6) is 0.832. The standard InChI is InChI=1S/C11H14N2.C2H6/c1-2-4-9-6-11-10(7-12-13-11)5-8(9)3-1;1-2/h6-8H,1-5H2,(H,12,13);1-2H3. The maximum atomic E-state index is 4.09. The number of nitrogens with zero attached hydrogens (tertiary/aromatic N) is 1. The van der Waals surface area contributed by atoms with Gasteiger partial charge in [0, 0.05) is 0 Å². The Labute approximate surface area is 91.8 Å². The van der Waals surface area contributed by atoms with Crippen molar-refractivity contribution in [3.63, 3.8) is 0 Å². The predicted octanol–water partition coefficient (Wildman–Crippen LogP) is 3.57. The minimum absolute atomic E-state index is 0.832. The highest BCUT2D eigenvalue weighted by Gasteiger charge is 2.24. The molecule has 0 spiro atoms. The first-order chi connectivity index (χ1) is 7.43. The number of hydrogen-bond donors (Lipinski definition) is 1. The average Bonchev–Trinajstić information content (AvgIpc) is 2.75. The summed E-state index contributed by atoms with van der Waals surface area (Å²) < 4.78 is 0. The SMILES string of the molecule is C1=C2CCCCC2Cc2cn[nH]c21.CC. The molecule has 0 saturated heterocycles. The highest BCUT2D eigenvalue weighted by Crippen LogP contribution is 2.37. The maximum absolute atomic E-state index is 4.09. The van der Waals surface area contributed by atoms with E-state index in [1.807, 2.05) is 20.0 Å². The summed E-state index contributed by atoms with van der Waals surface area (Å²) in [6, 6.07) is 0. The first-order valence-electron chi connectivity index (χ1n) is 6.16. The molecule has 2 aliphatic rings. The third-order valence-electron chi connectivity index (χ3n) is 3.34. The Morgan fingerprint density at radius 2 is 2.20 bits per heavy atom. The molecule has 82 valence electrons. The number of aromatic nitrogens is 2. The van der Waals surface area contributed by atoms with Gasteiger partial charge in [0.2, 0.25) is 0 Å². The highest BCUT2D eigenvalue weighted by atomic mass is 15.1. The quantitative estimate of drug-likeness (QED) is 0.687. The van der Waals surface area contributed by atoms with Crippen LogP contribution in [0.15, 0.2) is 11.8 Å². The van der Waals surface area contributed by atoms with Gasteiger partial charge in [-0.25, -0.2) is 0 Å². The molecule has 0 amide bonds. The Morgan fingerprint density at radius 3 is 3.07 bits per heavy atom. The predicted molar refractivity (Wildman–Crippen MR) is 63.6 cm³/mol. The van der Waals surface area contributed by atoms with Gasteiger partial charge in [-0.05, 0) is 43.2 Å². The van der Waals surface area contributed by atoms with Gasteiger partial charge in [-0.2, -0.15) is 5.10 Å². The summed E-state index contributed by atoms with van der Waals surface area (Å²) in [5, 5.41) is 7.16. The van der Waals surface area contributed by atoms with E-state index in [1.54, 1.807) is 5.57 Å². The normalized spacial score (nSPS) is 23.1. The van der Waals surface area contributed by atoms with Gasteiger partial charge in [-0.1, -0.05) is 25.8 Å². The smallest absolute Gasteiger partial charge is 0.0609 e. The van der Waals surface area contributed by atoms with Crippen molar-refractivity contribution in [3.8, 4) is 0 Å². The van der Waals surface area contributed by atoms with E-state index in [4.69, 9.17) is 0 Å². The molecule has 0 radical (unpaired) electrons. The van der Waals surface area contributed by atoms with Crippen LogP contribution >= 0.6 is 0 Å². The van der Waals surface area contributed by atoms with Crippen molar-refractivity contribution in [3.05, 3.63) is 23.0 Å². The number of aromatic amines is 1. The lowest BCUT2D eigenvalue weighted by Gasteiger charge is -2.28. The minimum Gasteiger partial charge on any atom is -0.278 e. The van der Waals surface area contributed by atoms with E-state index in [-0.39, 0.29) is 0 Å². The fourth-order valence-corrected chi connectivity index (χ4v) is 2.59. The van der Waals surface area contributed by atoms with Crippen LogP contribution in [0.4, 0.5) is 0 Å². The average molecular weight is 204 g/mol. The van der Waals surface area contributed by atoms with Gasteiger partial charge >= 0.3 is 0 Å². The van der Waals surface area contributed by atoms with E-state index >= 15 is 0 Å². The van der Waals surface area contributed by atoms with Gasteiger partial charge in [-0.3, -0.25) is 5.10 Å². The van der Waals surface area contributed by atoms with Gasteiger partial charge in [0.1, 0.15) is 0 Å². The van der Waals surface area contributed by atoms with Gasteiger partial charge in [0.15, 0.2) is 0 Å². The second-order valence-corrected chi connectivity index (χ2v) is 4.17. The Bertz CT molecular complexity index is 349. The number of fused-ring (bicyclic) bond motifs is 2. The Morgan fingerprint density at radius 1 is 1.33 bits per heavy atom. The number of hydrogen-bond acceptors (Lipinski definition) is 1. The molecule has 1 N–H and O–H groups in total. The molecule has 3 rings (SSSR count). The summed E-state index contributed by atoms with van der Waals surface area (Å²) in [5.41, 5.74) is 4.33. The van der Waals surface area contributed by atoms with Gasteiger partial charge < -0.3 is 0 Å². The zero-order valence-electron chi connectivity index (χ0n) is 9.71.